The van der Waals surface area contributed by atoms with E-state index in [2.05, 4.69) is 23.0 Å². The molecule has 25 heavy (non-hydrogen) atoms. The lowest BCUT2D eigenvalue weighted by molar-refractivity contribution is -0.118. The van der Waals surface area contributed by atoms with Crippen LogP contribution in [0.3, 0.4) is 0 Å². The van der Waals surface area contributed by atoms with Crippen LogP contribution in [-0.2, 0) is 17.6 Å². The van der Waals surface area contributed by atoms with Crippen molar-refractivity contribution in [3.05, 3.63) is 70.3 Å². The van der Waals surface area contributed by atoms with E-state index >= 15 is 0 Å². The maximum Gasteiger partial charge on any atom is 0.258 e. The van der Waals surface area contributed by atoms with Crippen LogP contribution in [0.4, 0.5) is 5.69 Å². The highest BCUT2D eigenvalue weighted by atomic mass is 16.2. The molecule has 5 heteroatoms. The largest absolute Gasteiger partial charge is 0.310 e. The Morgan fingerprint density at radius 2 is 1.96 bits per heavy atom. The van der Waals surface area contributed by atoms with Gasteiger partial charge in [0.15, 0.2) is 0 Å². The summed E-state index contributed by atoms with van der Waals surface area (Å²) in [4.78, 5) is 34.0. The third-order valence-corrected chi connectivity index (χ3v) is 4.71. The molecular formula is C20H19N3O2. The van der Waals surface area contributed by atoms with Crippen molar-refractivity contribution in [2.24, 2.45) is 0 Å². The summed E-state index contributed by atoms with van der Waals surface area (Å²) in [6.07, 6.45) is 1.62. The van der Waals surface area contributed by atoms with Crippen LogP contribution in [-0.4, -0.2) is 21.9 Å². The number of nitrogens with one attached hydrogen (secondary N) is 1. The SMILES string of the molecule is C[C@@H]1Cc2ccccc2N1C(=O)CCc1nc2ccccc2c(=O)[nH]1. The highest BCUT2D eigenvalue weighted by Gasteiger charge is 2.30. The third-order valence-electron chi connectivity index (χ3n) is 4.71. The standard InChI is InChI=1S/C20H19N3O2/c1-13-12-14-6-2-5-9-17(14)23(13)19(24)11-10-18-21-16-8-4-3-7-15(16)20(25)22-18/h2-9,13H,10-12H2,1H3,(H,21,22,25)/t13-/m1/s1. The summed E-state index contributed by atoms with van der Waals surface area (Å²) < 4.78 is 0. The second kappa shape index (κ2) is 6.16. The summed E-state index contributed by atoms with van der Waals surface area (Å²) in [5, 5.41) is 0.569. The van der Waals surface area contributed by atoms with Gasteiger partial charge in [-0.25, -0.2) is 4.98 Å². The molecule has 1 N–H and O–H groups in total. The van der Waals surface area contributed by atoms with E-state index in [-0.39, 0.29) is 17.5 Å². The number of carbonyl (C=O) groups excluding carboxylic acids is 1. The zero-order valence-electron chi connectivity index (χ0n) is 14.0. The van der Waals surface area contributed by atoms with Crippen LogP contribution in [0.1, 0.15) is 24.7 Å². The summed E-state index contributed by atoms with van der Waals surface area (Å²) >= 11 is 0. The first kappa shape index (κ1) is 15.6. The van der Waals surface area contributed by atoms with Gasteiger partial charge in [-0.3, -0.25) is 9.59 Å². The monoisotopic (exact) mass is 333 g/mol. The average Bonchev–Trinajstić information content (AvgIpc) is 2.95. The van der Waals surface area contributed by atoms with Gasteiger partial charge in [0.2, 0.25) is 5.91 Å². The number of hydrogen-bond acceptors (Lipinski definition) is 3. The highest BCUT2D eigenvalue weighted by molar-refractivity contribution is 5.96. The third kappa shape index (κ3) is 2.82. The van der Waals surface area contributed by atoms with Gasteiger partial charge in [-0.1, -0.05) is 30.3 Å². The zero-order chi connectivity index (χ0) is 17.4. The van der Waals surface area contributed by atoms with Gasteiger partial charge in [-0.15, -0.1) is 0 Å². The predicted octanol–water partition coefficient (Wildman–Crippen LogP) is 2.83. The quantitative estimate of drug-likeness (QED) is 0.801. The second-order valence-electron chi connectivity index (χ2n) is 6.48. The molecule has 126 valence electrons. The number of rotatable bonds is 3. The second-order valence-corrected chi connectivity index (χ2v) is 6.48. The van der Waals surface area contributed by atoms with Crippen LogP contribution in [0.25, 0.3) is 10.9 Å². The van der Waals surface area contributed by atoms with Crippen LogP contribution in [0, 0.1) is 0 Å². The summed E-state index contributed by atoms with van der Waals surface area (Å²) in [5.41, 5.74) is 2.71. The number of H-pyrrole nitrogens is 1. The van der Waals surface area contributed by atoms with E-state index in [9.17, 15) is 9.59 Å². The summed E-state index contributed by atoms with van der Waals surface area (Å²) in [6, 6.07) is 15.4. The van der Waals surface area contributed by atoms with E-state index in [1.54, 1.807) is 6.07 Å². The van der Waals surface area contributed by atoms with Crippen molar-refractivity contribution in [3.63, 3.8) is 0 Å². The molecule has 2 heterocycles. The molecule has 2 aromatic carbocycles. The number of aromatic amines is 1. The van der Waals surface area contributed by atoms with E-state index in [1.807, 2.05) is 41.3 Å². The Morgan fingerprint density at radius 1 is 1.20 bits per heavy atom. The molecule has 0 aliphatic carbocycles. The molecule has 1 aromatic heterocycles. The normalized spacial score (nSPS) is 16.2. The van der Waals surface area contributed by atoms with Gasteiger partial charge in [0.1, 0.15) is 5.82 Å². The number of para-hydroxylation sites is 2. The van der Waals surface area contributed by atoms with E-state index in [0.717, 1.165) is 12.1 Å². The van der Waals surface area contributed by atoms with Crippen molar-refractivity contribution in [1.29, 1.82) is 0 Å². The molecule has 0 saturated carbocycles. The minimum absolute atomic E-state index is 0.0632. The molecule has 0 unspecified atom stereocenters. The summed E-state index contributed by atoms with van der Waals surface area (Å²) in [5.74, 6) is 0.616. The number of benzene rings is 2. The molecule has 3 aromatic rings. The molecule has 5 nitrogen and oxygen atoms in total. The first-order valence-electron chi connectivity index (χ1n) is 8.51. The summed E-state index contributed by atoms with van der Waals surface area (Å²) in [6.45, 7) is 2.06. The van der Waals surface area contributed by atoms with Crippen LogP contribution in [0.5, 0.6) is 0 Å². The Morgan fingerprint density at radius 3 is 2.84 bits per heavy atom. The number of amides is 1. The lowest BCUT2D eigenvalue weighted by Crippen LogP contribution is -2.36. The van der Waals surface area contributed by atoms with E-state index in [1.165, 1.54) is 5.56 Å². The van der Waals surface area contributed by atoms with E-state index in [4.69, 9.17) is 0 Å². The zero-order valence-corrected chi connectivity index (χ0v) is 14.0. The fourth-order valence-corrected chi connectivity index (χ4v) is 3.54. The molecule has 0 bridgehead atoms. The summed E-state index contributed by atoms with van der Waals surface area (Å²) in [7, 11) is 0. The van der Waals surface area contributed by atoms with Crippen LogP contribution >= 0.6 is 0 Å². The van der Waals surface area contributed by atoms with Crippen molar-refractivity contribution in [3.8, 4) is 0 Å². The number of fused-ring (bicyclic) bond motifs is 2. The lowest BCUT2D eigenvalue weighted by Gasteiger charge is -2.22. The van der Waals surface area contributed by atoms with Crippen molar-refractivity contribution >= 4 is 22.5 Å². The molecule has 1 aliphatic heterocycles. The molecule has 4 rings (SSSR count). The number of anilines is 1. The Hall–Kier alpha value is -2.95. The molecule has 0 radical (unpaired) electrons. The molecule has 1 atom stereocenters. The van der Waals surface area contributed by atoms with Crippen molar-refractivity contribution in [2.45, 2.75) is 32.2 Å². The number of nitrogens with zero attached hydrogens (tertiary/aromatic N) is 2. The van der Waals surface area contributed by atoms with Crippen molar-refractivity contribution in [2.75, 3.05) is 4.90 Å². The average molecular weight is 333 g/mol. The lowest BCUT2D eigenvalue weighted by atomic mass is 10.1. The smallest absolute Gasteiger partial charge is 0.258 e. The maximum atomic E-state index is 12.7. The van der Waals surface area contributed by atoms with E-state index < -0.39 is 0 Å². The van der Waals surface area contributed by atoms with Crippen molar-refractivity contribution < 1.29 is 4.79 Å². The fraction of sp³-hybridized carbons (Fsp3) is 0.250. The van der Waals surface area contributed by atoms with E-state index in [0.29, 0.717) is 29.6 Å². The predicted molar refractivity (Wildman–Crippen MR) is 97.8 cm³/mol. The molecular weight excluding hydrogens is 314 g/mol. The Labute approximate surface area is 145 Å². The number of aryl methyl sites for hydroxylation is 1. The Bertz CT molecular complexity index is 1010. The molecule has 0 saturated heterocycles. The van der Waals surface area contributed by atoms with Crippen LogP contribution in [0.15, 0.2) is 53.3 Å². The number of aromatic nitrogens is 2. The fourth-order valence-electron chi connectivity index (χ4n) is 3.54. The van der Waals surface area contributed by atoms with Gasteiger partial charge in [0, 0.05) is 24.6 Å². The van der Waals surface area contributed by atoms with Crippen LogP contribution < -0.4 is 10.5 Å². The van der Waals surface area contributed by atoms with Gasteiger partial charge < -0.3 is 9.88 Å². The van der Waals surface area contributed by atoms with Gasteiger partial charge in [0.05, 0.1) is 10.9 Å². The molecule has 0 fully saturated rings. The van der Waals surface area contributed by atoms with Gasteiger partial charge in [-0.2, -0.15) is 0 Å². The molecule has 0 spiro atoms. The number of carbonyl (C=O) groups is 1. The number of hydrogen-bond donors (Lipinski definition) is 1. The molecule has 1 aliphatic rings. The minimum atomic E-state index is -0.159. The van der Waals surface area contributed by atoms with Gasteiger partial charge in [0.25, 0.3) is 5.56 Å². The Balaban J connectivity index is 1.54. The first-order valence-corrected chi connectivity index (χ1v) is 8.51. The van der Waals surface area contributed by atoms with Gasteiger partial charge in [-0.05, 0) is 37.1 Å². The maximum absolute atomic E-state index is 12.7. The van der Waals surface area contributed by atoms with Crippen molar-refractivity contribution in [1.82, 2.24) is 9.97 Å². The minimum Gasteiger partial charge on any atom is -0.310 e. The van der Waals surface area contributed by atoms with Crippen LogP contribution in [0.2, 0.25) is 0 Å². The Kier molecular flexibility index (Phi) is 3.84. The van der Waals surface area contributed by atoms with Gasteiger partial charge >= 0.3 is 0 Å². The topological polar surface area (TPSA) is 66.1 Å². The highest BCUT2D eigenvalue weighted by Crippen LogP contribution is 2.32. The molecule has 1 amide bonds. The first-order chi connectivity index (χ1) is 12.1.